The summed E-state index contributed by atoms with van der Waals surface area (Å²) in [5, 5.41) is 2.97. The van der Waals surface area contributed by atoms with Crippen molar-refractivity contribution in [3.63, 3.8) is 0 Å². The van der Waals surface area contributed by atoms with Crippen molar-refractivity contribution in [3.8, 4) is 0 Å². The van der Waals surface area contributed by atoms with Crippen molar-refractivity contribution in [1.82, 2.24) is 0 Å². The number of nitrogens with one attached hydrogen (secondary N) is 1. The van der Waals surface area contributed by atoms with Crippen molar-refractivity contribution in [2.45, 2.75) is 13.0 Å². The molecule has 2 aromatic rings. The minimum absolute atomic E-state index is 0.355. The number of halogens is 2. The summed E-state index contributed by atoms with van der Waals surface area (Å²) in [6.45, 7) is 1.78. The molecule has 0 aliphatic carbocycles. The lowest BCUT2D eigenvalue weighted by Gasteiger charge is -2.17. The molecule has 2 aromatic carbocycles. The minimum Gasteiger partial charge on any atom is -0.370 e. The first-order valence-corrected chi connectivity index (χ1v) is 6.83. The van der Waals surface area contributed by atoms with E-state index in [9.17, 15) is 9.18 Å². The van der Waals surface area contributed by atoms with Crippen molar-refractivity contribution >= 4 is 27.5 Å². The Labute approximate surface area is 125 Å². The van der Waals surface area contributed by atoms with Gasteiger partial charge in [-0.2, -0.15) is 0 Å². The van der Waals surface area contributed by atoms with E-state index in [-0.39, 0.29) is 5.82 Å². The first kappa shape index (κ1) is 14.5. The second kappa shape index (κ2) is 6.05. The van der Waals surface area contributed by atoms with Gasteiger partial charge >= 0.3 is 0 Å². The first-order valence-electron chi connectivity index (χ1n) is 6.04. The van der Waals surface area contributed by atoms with Gasteiger partial charge in [-0.3, -0.25) is 4.79 Å². The van der Waals surface area contributed by atoms with E-state index < -0.39 is 11.9 Å². The number of rotatable bonds is 4. The molecule has 0 aliphatic rings. The fourth-order valence-corrected chi connectivity index (χ4v) is 2.22. The summed E-state index contributed by atoms with van der Waals surface area (Å²) in [4.78, 5) is 11.6. The van der Waals surface area contributed by atoms with Gasteiger partial charge in [0.15, 0.2) is 0 Å². The van der Waals surface area contributed by atoms with Gasteiger partial charge in [0.1, 0.15) is 11.9 Å². The fraction of sp³-hybridized carbons (Fsp3) is 0.133. The monoisotopic (exact) mass is 336 g/mol. The van der Waals surface area contributed by atoms with Gasteiger partial charge in [-0.05, 0) is 48.4 Å². The third-order valence-corrected chi connectivity index (χ3v) is 3.37. The maximum Gasteiger partial charge on any atom is 0.244 e. The number of aryl methyl sites for hydroxylation is 1. The Bertz CT molecular complexity index is 608. The van der Waals surface area contributed by atoms with E-state index >= 15 is 0 Å². The Morgan fingerprint density at radius 3 is 2.45 bits per heavy atom. The van der Waals surface area contributed by atoms with Crippen molar-refractivity contribution in [1.29, 1.82) is 0 Å². The molecule has 0 radical (unpaired) electrons. The van der Waals surface area contributed by atoms with Gasteiger partial charge in [0.2, 0.25) is 5.91 Å². The molecular weight excluding hydrogens is 323 g/mol. The lowest BCUT2D eigenvalue weighted by Crippen LogP contribution is -2.27. The van der Waals surface area contributed by atoms with Crippen LogP contribution in [-0.4, -0.2) is 5.91 Å². The molecule has 5 heteroatoms. The Kier molecular flexibility index (Phi) is 4.39. The number of benzene rings is 2. The van der Waals surface area contributed by atoms with Gasteiger partial charge in [-0.1, -0.05) is 28.1 Å². The standard InChI is InChI=1S/C15H14BrFN2O/c1-9-6-12(17)8-13(7-9)19-14(15(18)20)10-2-4-11(16)5-3-10/h2-8,14,19H,1H3,(H2,18,20). The Balaban J connectivity index is 2.30. The van der Waals surface area contributed by atoms with Crippen LogP contribution < -0.4 is 11.1 Å². The summed E-state index contributed by atoms with van der Waals surface area (Å²) in [6, 6.07) is 11.0. The zero-order valence-electron chi connectivity index (χ0n) is 10.9. The van der Waals surface area contributed by atoms with Crippen LogP contribution in [0.4, 0.5) is 10.1 Å². The highest BCUT2D eigenvalue weighted by Gasteiger charge is 2.17. The molecule has 3 nitrogen and oxygen atoms in total. The van der Waals surface area contributed by atoms with Crippen molar-refractivity contribution in [2.24, 2.45) is 5.73 Å². The minimum atomic E-state index is -0.704. The van der Waals surface area contributed by atoms with Crippen molar-refractivity contribution in [2.75, 3.05) is 5.32 Å². The normalized spacial score (nSPS) is 11.9. The van der Waals surface area contributed by atoms with Gasteiger partial charge in [-0.15, -0.1) is 0 Å². The summed E-state index contributed by atoms with van der Waals surface area (Å²) < 4.78 is 14.3. The van der Waals surface area contributed by atoms with Crippen LogP contribution in [-0.2, 0) is 4.79 Å². The second-order valence-corrected chi connectivity index (χ2v) is 5.46. The second-order valence-electron chi connectivity index (χ2n) is 4.55. The maximum atomic E-state index is 13.4. The number of amides is 1. The van der Waals surface area contributed by atoms with E-state index in [4.69, 9.17) is 5.73 Å². The molecule has 1 amide bonds. The molecule has 0 saturated carbocycles. The summed E-state index contributed by atoms with van der Waals surface area (Å²) in [5.41, 5.74) is 7.44. The van der Waals surface area contributed by atoms with Crippen LogP contribution in [0.3, 0.4) is 0 Å². The number of primary amides is 1. The summed E-state index contributed by atoms with van der Waals surface area (Å²) in [6.07, 6.45) is 0. The predicted molar refractivity (Wildman–Crippen MR) is 80.8 cm³/mol. The van der Waals surface area contributed by atoms with Gasteiger partial charge in [0, 0.05) is 10.2 Å². The molecule has 20 heavy (non-hydrogen) atoms. The van der Waals surface area contributed by atoms with Crippen LogP contribution in [0.25, 0.3) is 0 Å². The van der Waals surface area contributed by atoms with E-state index in [1.54, 1.807) is 25.1 Å². The number of carbonyl (C=O) groups excluding carboxylic acids is 1. The number of anilines is 1. The summed E-state index contributed by atoms with van der Waals surface area (Å²) in [7, 11) is 0. The molecule has 104 valence electrons. The quantitative estimate of drug-likeness (QED) is 0.897. The van der Waals surface area contributed by atoms with E-state index in [1.807, 2.05) is 12.1 Å². The molecule has 2 rings (SSSR count). The average molecular weight is 337 g/mol. The van der Waals surface area contributed by atoms with Crippen LogP contribution in [0.5, 0.6) is 0 Å². The van der Waals surface area contributed by atoms with Gasteiger partial charge in [-0.25, -0.2) is 4.39 Å². The van der Waals surface area contributed by atoms with Crippen molar-refractivity contribution in [3.05, 3.63) is 63.9 Å². The van der Waals surface area contributed by atoms with Gasteiger partial charge in [0.25, 0.3) is 0 Å². The molecule has 0 aliphatic heterocycles. The average Bonchev–Trinajstić information content (AvgIpc) is 2.36. The van der Waals surface area contributed by atoms with Gasteiger partial charge in [0.05, 0.1) is 0 Å². The lowest BCUT2D eigenvalue weighted by atomic mass is 10.1. The third kappa shape index (κ3) is 3.57. The highest BCUT2D eigenvalue weighted by molar-refractivity contribution is 9.10. The molecular formula is C15H14BrFN2O. The molecule has 0 aromatic heterocycles. The predicted octanol–water partition coefficient (Wildman–Crippen LogP) is 3.54. The molecule has 1 atom stereocenters. The molecule has 0 spiro atoms. The van der Waals surface area contributed by atoms with Crippen LogP contribution >= 0.6 is 15.9 Å². The lowest BCUT2D eigenvalue weighted by molar-refractivity contribution is -0.118. The number of carbonyl (C=O) groups is 1. The SMILES string of the molecule is Cc1cc(F)cc(NC(C(N)=O)c2ccc(Br)cc2)c1. The fourth-order valence-electron chi connectivity index (χ4n) is 1.96. The van der Waals surface area contributed by atoms with Crippen LogP contribution in [0.1, 0.15) is 17.2 Å². The summed E-state index contributed by atoms with van der Waals surface area (Å²) in [5.74, 6) is -0.874. The van der Waals surface area contributed by atoms with Gasteiger partial charge < -0.3 is 11.1 Å². The van der Waals surface area contributed by atoms with E-state index in [2.05, 4.69) is 21.2 Å². The number of hydrogen-bond donors (Lipinski definition) is 2. The van der Waals surface area contributed by atoms with Crippen LogP contribution in [0.2, 0.25) is 0 Å². The Morgan fingerprint density at radius 1 is 1.25 bits per heavy atom. The Hall–Kier alpha value is -1.88. The van der Waals surface area contributed by atoms with Crippen LogP contribution in [0, 0.1) is 12.7 Å². The zero-order chi connectivity index (χ0) is 14.7. The molecule has 1 unspecified atom stereocenters. The van der Waals surface area contributed by atoms with E-state index in [1.165, 1.54) is 12.1 Å². The molecule has 0 heterocycles. The highest BCUT2D eigenvalue weighted by Crippen LogP contribution is 2.22. The molecule has 3 N–H and O–H groups in total. The third-order valence-electron chi connectivity index (χ3n) is 2.84. The van der Waals surface area contributed by atoms with E-state index in [0.29, 0.717) is 5.69 Å². The topological polar surface area (TPSA) is 55.1 Å². The Morgan fingerprint density at radius 2 is 1.90 bits per heavy atom. The van der Waals surface area contributed by atoms with E-state index in [0.717, 1.165) is 15.6 Å². The highest BCUT2D eigenvalue weighted by atomic mass is 79.9. The first-order chi connectivity index (χ1) is 9.45. The zero-order valence-corrected chi connectivity index (χ0v) is 12.4. The maximum absolute atomic E-state index is 13.4. The molecule has 0 bridgehead atoms. The molecule has 0 fully saturated rings. The number of nitrogens with two attached hydrogens (primary N) is 1. The molecule has 0 saturated heterocycles. The summed E-state index contributed by atoms with van der Waals surface area (Å²) >= 11 is 3.33. The largest absolute Gasteiger partial charge is 0.370 e. The van der Waals surface area contributed by atoms with Crippen molar-refractivity contribution < 1.29 is 9.18 Å². The number of hydrogen-bond acceptors (Lipinski definition) is 2. The smallest absolute Gasteiger partial charge is 0.244 e. The van der Waals surface area contributed by atoms with Crippen LogP contribution in [0.15, 0.2) is 46.9 Å².